The summed E-state index contributed by atoms with van der Waals surface area (Å²) in [5.41, 5.74) is 4.35. The summed E-state index contributed by atoms with van der Waals surface area (Å²) in [7, 11) is 1.87. The summed E-state index contributed by atoms with van der Waals surface area (Å²) >= 11 is 0. The summed E-state index contributed by atoms with van der Waals surface area (Å²) in [6.45, 7) is 13.8. The van der Waals surface area contributed by atoms with E-state index in [1.165, 1.54) is 16.7 Å². The van der Waals surface area contributed by atoms with Crippen molar-refractivity contribution in [3.8, 4) is 0 Å². The van der Waals surface area contributed by atoms with Crippen molar-refractivity contribution in [2.24, 2.45) is 10.8 Å². The number of methoxy groups -OCH3 is 1. The molecule has 1 heteroatoms. The molecule has 0 saturated heterocycles. The van der Waals surface area contributed by atoms with Crippen LogP contribution in [-0.4, -0.2) is 12.7 Å². The smallest absolute Gasteiger partial charge is 0.0970 e. The molecule has 0 radical (unpaired) electrons. The van der Waals surface area contributed by atoms with Crippen LogP contribution >= 0.6 is 0 Å². The van der Waals surface area contributed by atoms with Crippen molar-refractivity contribution in [3.63, 3.8) is 0 Å². The first-order chi connectivity index (χ1) is 10.1. The van der Waals surface area contributed by atoms with E-state index < -0.39 is 0 Å². The molecule has 2 rings (SSSR count). The third kappa shape index (κ3) is 3.46. The van der Waals surface area contributed by atoms with Crippen LogP contribution in [0.4, 0.5) is 0 Å². The minimum absolute atomic E-state index is 0.101. The molecule has 0 saturated carbocycles. The number of ether oxygens (including phenoxy) is 1. The highest BCUT2D eigenvalue weighted by Gasteiger charge is 2.42. The van der Waals surface area contributed by atoms with Gasteiger partial charge in [-0.2, -0.15) is 0 Å². The SMILES string of the molecule is COC1(CC2=CCC=C2)CC=C(C(C)(C)C)C=C1C(C)(C)C. The first-order valence-corrected chi connectivity index (χ1v) is 8.42. The van der Waals surface area contributed by atoms with Gasteiger partial charge in [0.1, 0.15) is 0 Å². The number of allylic oxidation sites excluding steroid dienone is 5. The zero-order valence-corrected chi connectivity index (χ0v) is 15.4. The van der Waals surface area contributed by atoms with Crippen molar-refractivity contribution < 1.29 is 4.74 Å². The van der Waals surface area contributed by atoms with Crippen molar-refractivity contribution >= 4 is 0 Å². The Morgan fingerprint density at radius 2 is 1.73 bits per heavy atom. The van der Waals surface area contributed by atoms with E-state index >= 15 is 0 Å². The van der Waals surface area contributed by atoms with Crippen LogP contribution in [0.3, 0.4) is 0 Å². The van der Waals surface area contributed by atoms with Gasteiger partial charge in [0.25, 0.3) is 0 Å². The fraction of sp³-hybridized carbons (Fsp3) is 0.619. The molecule has 0 amide bonds. The second kappa shape index (κ2) is 5.85. The van der Waals surface area contributed by atoms with Crippen LogP contribution in [0.2, 0.25) is 0 Å². The van der Waals surface area contributed by atoms with E-state index in [1.54, 1.807) is 0 Å². The van der Waals surface area contributed by atoms with Crippen LogP contribution < -0.4 is 0 Å². The van der Waals surface area contributed by atoms with Gasteiger partial charge in [0.15, 0.2) is 0 Å². The molecule has 0 bridgehead atoms. The third-order valence-corrected chi connectivity index (χ3v) is 4.84. The lowest BCUT2D eigenvalue weighted by atomic mass is 9.66. The molecule has 0 spiro atoms. The number of hydrogen-bond donors (Lipinski definition) is 0. The Balaban J connectivity index is 2.44. The summed E-state index contributed by atoms with van der Waals surface area (Å²) in [5, 5.41) is 0. The highest BCUT2D eigenvalue weighted by molar-refractivity contribution is 5.43. The standard InChI is InChI=1S/C21H32O/c1-19(2,3)17-12-13-21(22-7,15-16-10-8-9-11-16)18(14-17)20(4,5)6/h8,10-12,14H,9,13,15H2,1-7H3. The average Bonchev–Trinajstić information content (AvgIpc) is 2.89. The molecular formula is C21H32O. The van der Waals surface area contributed by atoms with Crippen LogP contribution in [-0.2, 0) is 4.74 Å². The van der Waals surface area contributed by atoms with Gasteiger partial charge in [0, 0.05) is 13.5 Å². The Morgan fingerprint density at radius 3 is 2.18 bits per heavy atom. The molecule has 0 heterocycles. The molecule has 1 nitrogen and oxygen atoms in total. The number of hydrogen-bond acceptors (Lipinski definition) is 1. The first-order valence-electron chi connectivity index (χ1n) is 8.42. The van der Waals surface area contributed by atoms with Crippen molar-refractivity contribution in [1.29, 1.82) is 0 Å². The predicted molar refractivity (Wildman–Crippen MR) is 95.9 cm³/mol. The lowest BCUT2D eigenvalue weighted by molar-refractivity contribution is 0.00917. The van der Waals surface area contributed by atoms with E-state index in [2.05, 4.69) is 71.9 Å². The highest BCUT2D eigenvalue weighted by atomic mass is 16.5. The average molecular weight is 300 g/mol. The number of rotatable bonds is 3. The van der Waals surface area contributed by atoms with E-state index in [9.17, 15) is 0 Å². The Kier molecular flexibility index (Phi) is 4.59. The van der Waals surface area contributed by atoms with Gasteiger partial charge >= 0.3 is 0 Å². The van der Waals surface area contributed by atoms with Crippen molar-refractivity contribution in [1.82, 2.24) is 0 Å². The first kappa shape index (κ1) is 17.3. The molecule has 1 unspecified atom stereocenters. The zero-order chi connectivity index (χ0) is 16.6. The van der Waals surface area contributed by atoms with Gasteiger partial charge < -0.3 is 4.74 Å². The maximum Gasteiger partial charge on any atom is 0.0970 e. The van der Waals surface area contributed by atoms with E-state index in [-0.39, 0.29) is 16.4 Å². The van der Waals surface area contributed by atoms with E-state index in [4.69, 9.17) is 4.74 Å². The topological polar surface area (TPSA) is 9.23 Å². The summed E-state index contributed by atoms with van der Waals surface area (Å²) in [4.78, 5) is 0. The molecule has 22 heavy (non-hydrogen) atoms. The minimum Gasteiger partial charge on any atom is -0.373 e. The fourth-order valence-electron chi connectivity index (χ4n) is 3.55. The monoisotopic (exact) mass is 300 g/mol. The molecular weight excluding hydrogens is 268 g/mol. The Morgan fingerprint density at radius 1 is 1.05 bits per heavy atom. The van der Waals surface area contributed by atoms with Gasteiger partial charge in [0.05, 0.1) is 5.60 Å². The van der Waals surface area contributed by atoms with Gasteiger partial charge in [-0.3, -0.25) is 0 Å². The molecule has 2 aliphatic carbocycles. The van der Waals surface area contributed by atoms with Gasteiger partial charge in [0.2, 0.25) is 0 Å². The third-order valence-electron chi connectivity index (χ3n) is 4.84. The van der Waals surface area contributed by atoms with Crippen LogP contribution in [0, 0.1) is 10.8 Å². The van der Waals surface area contributed by atoms with Crippen LogP contribution in [0.5, 0.6) is 0 Å². The maximum absolute atomic E-state index is 6.15. The van der Waals surface area contributed by atoms with Gasteiger partial charge in [-0.05, 0) is 40.4 Å². The maximum atomic E-state index is 6.15. The molecule has 0 aromatic heterocycles. The van der Waals surface area contributed by atoms with Gasteiger partial charge in [-0.1, -0.05) is 71.9 Å². The Bertz CT molecular complexity index is 543. The van der Waals surface area contributed by atoms with E-state index in [0.717, 1.165) is 19.3 Å². The van der Waals surface area contributed by atoms with E-state index in [1.807, 2.05) is 7.11 Å². The quantitative estimate of drug-likeness (QED) is 0.621. The van der Waals surface area contributed by atoms with Crippen molar-refractivity contribution in [2.45, 2.75) is 66.4 Å². The Hall–Kier alpha value is -1.08. The summed E-state index contributed by atoms with van der Waals surface area (Å²) in [5.74, 6) is 0. The molecule has 0 aromatic rings. The molecule has 0 aliphatic heterocycles. The molecule has 122 valence electrons. The summed E-state index contributed by atoms with van der Waals surface area (Å²) in [6, 6.07) is 0. The van der Waals surface area contributed by atoms with Gasteiger partial charge in [-0.25, -0.2) is 0 Å². The normalized spacial score (nSPS) is 25.9. The second-order valence-corrected chi connectivity index (χ2v) is 8.71. The lowest BCUT2D eigenvalue weighted by Crippen LogP contribution is -2.41. The Labute approximate surface area is 136 Å². The molecule has 0 fully saturated rings. The molecule has 1 atom stereocenters. The fourth-order valence-corrected chi connectivity index (χ4v) is 3.55. The summed E-state index contributed by atoms with van der Waals surface area (Å²) < 4.78 is 6.15. The minimum atomic E-state index is -0.201. The van der Waals surface area contributed by atoms with Crippen molar-refractivity contribution in [3.05, 3.63) is 47.1 Å². The largest absolute Gasteiger partial charge is 0.373 e. The second-order valence-electron chi connectivity index (χ2n) is 8.71. The van der Waals surface area contributed by atoms with Crippen LogP contribution in [0.1, 0.15) is 60.8 Å². The van der Waals surface area contributed by atoms with Crippen LogP contribution in [0.25, 0.3) is 0 Å². The molecule has 2 aliphatic rings. The predicted octanol–water partition coefficient (Wildman–Crippen LogP) is 6.00. The summed E-state index contributed by atoms with van der Waals surface area (Å²) in [6.07, 6.45) is 14.6. The highest BCUT2D eigenvalue weighted by Crippen LogP contribution is 2.48. The molecule has 0 aromatic carbocycles. The van der Waals surface area contributed by atoms with Crippen molar-refractivity contribution in [2.75, 3.05) is 7.11 Å². The zero-order valence-electron chi connectivity index (χ0n) is 15.4. The van der Waals surface area contributed by atoms with Gasteiger partial charge in [-0.15, -0.1) is 0 Å². The van der Waals surface area contributed by atoms with E-state index in [0.29, 0.717) is 0 Å². The van der Waals surface area contributed by atoms with Crippen LogP contribution in [0.15, 0.2) is 47.1 Å². The molecule has 0 N–H and O–H groups in total. The lowest BCUT2D eigenvalue weighted by Gasteiger charge is -2.44.